The molecular weight excluding hydrogens is 872 g/mol. The predicted molar refractivity (Wildman–Crippen MR) is 239 cm³/mol. The number of halogens is 2. The van der Waals surface area contributed by atoms with E-state index in [0.29, 0.717) is 55.3 Å². The molecule has 13 nitrogen and oxygen atoms in total. The number of hydrogen-bond donors (Lipinski definition) is 3. The number of phenolic OH excluding ortho intramolecular Hbond substituents is 1. The number of benzene rings is 5. The Balaban J connectivity index is 0.000000418. The molecule has 0 fully saturated rings. The molecule has 0 heterocycles. The van der Waals surface area contributed by atoms with E-state index in [1.165, 1.54) is 24.3 Å². The van der Waals surface area contributed by atoms with Crippen LogP contribution in [0.4, 0.5) is 0 Å². The zero-order chi connectivity index (χ0) is 45.5. The normalized spacial score (nSPS) is 10.4. The zero-order valence-electron chi connectivity index (χ0n) is 34.9. The molecule has 0 aliphatic carbocycles. The van der Waals surface area contributed by atoms with Gasteiger partial charge in [-0.25, -0.2) is 8.42 Å². The molecule has 17 heteroatoms. The standard InChI is InChI=1S/C17H20O5S.C10H14O3.C8H10O2.C7H7ClO2S.C2H5ClO/c1-3-20-16-6-4-5-7-17(16)21-12-13-22-23(18,19)15-10-8-14(2)9-11-15;1-2-12-9-5-3-4-6-10(9)13-8-7-11;1-2-10-8-6-4-3-5-7(8)9;1-6-2-4-7(5-3-6)11(8,9)10;3-1-2-4/h4-11H,3,12-13H2,1-2H3;3-6,11H,2,7-8H2,1H3;3-6,9H,2H2,1H3;2-5H,1H3;4H,1-2H2. The summed E-state index contributed by atoms with van der Waals surface area (Å²) in [7, 11) is -2.23. The van der Waals surface area contributed by atoms with Crippen LogP contribution in [0.25, 0.3) is 0 Å². The maximum atomic E-state index is 12.0. The van der Waals surface area contributed by atoms with Gasteiger partial charge in [-0.05, 0) is 95.3 Å². The highest BCUT2D eigenvalue weighted by molar-refractivity contribution is 8.13. The molecule has 0 radical (unpaired) electrons. The summed E-state index contributed by atoms with van der Waals surface area (Å²) in [5.41, 5.74) is 1.99. The third-order valence-corrected chi connectivity index (χ3v) is 9.95. The summed E-state index contributed by atoms with van der Waals surface area (Å²) in [6, 6.07) is 34.4. The Labute approximate surface area is 369 Å². The fourth-order valence-corrected chi connectivity index (χ4v) is 6.01. The number of ether oxygens (including phenoxy) is 5. The smallest absolute Gasteiger partial charge is 0.297 e. The monoisotopic (exact) mass is 926 g/mol. The number of alkyl halides is 1. The van der Waals surface area contributed by atoms with Gasteiger partial charge in [-0.3, -0.25) is 4.18 Å². The molecule has 0 bridgehead atoms. The van der Waals surface area contributed by atoms with Crippen molar-refractivity contribution in [3.8, 4) is 34.5 Å². The van der Waals surface area contributed by atoms with Crippen LogP contribution in [0.15, 0.2) is 131 Å². The second-order valence-corrected chi connectivity index (χ2v) is 16.4. The van der Waals surface area contributed by atoms with Crippen LogP contribution in [0.3, 0.4) is 0 Å². The van der Waals surface area contributed by atoms with E-state index in [9.17, 15) is 16.8 Å². The Bertz CT molecular complexity index is 2130. The van der Waals surface area contributed by atoms with Gasteiger partial charge in [0, 0.05) is 16.6 Å². The quantitative estimate of drug-likeness (QED) is 0.0349. The van der Waals surface area contributed by atoms with Crippen molar-refractivity contribution in [1.29, 1.82) is 0 Å². The van der Waals surface area contributed by atoms with E-state index in [2.05, 4.69) is 0 Å². The average molecular weight is 928 g/mol. The van der Waals surface area contributed by atoms with Gasteiger partial charge < -0.3 is 39.0 Å². The molecule has 0 saturated heterocycles. The second-order valence-electron chi connectivity index (χ2n) is 11.8. The van der Waals surface area contributed by atoms with Crippen LogP contribution in [0.5, 0.6) is 34.5 Å². The van der Waals surface area contributed by atoms with Crippen molar-refractivity contribution in [2.75, 3.05) is 58.7 Å². The van der Waals surface area contributed by atoms with Crippen LogP contribution in [0, 0.1) is 13.8 Å². The Kier molecular flexibility index (Phi) is 27.7. The highest BCUT2D eigenvalue weighted by Crippen LogP contribution is 2.27. The van der Waals surface area contributed by atoms with E-state index in [1.807, 2.05) is 77.1 Å². The number of aliphatic hydroxyl groups excluding tert-OH is 2. The van der Waals surface area contributed by atoms with Gasteiger partial charge in [-0.2, -0.15) is 8.42 Å². The maximum absolute atomic E-state index is 12.0. The molecule has 0 saturated carbocycles. The molecule has 5 rings (SSSR count). The Morgan fingerprint density at radius 1 is 0.492 bits per heavy atom. The molecule has 5 aromatic carbocycles. The molecule has 0 spiro atoms. The lowest BCUT2D eigenvalue weighted by Gasteiger charge is -2.11. The van der Waals surface area contributed by atoms with Gasteiger partial charge in [0.05, 0.1) is 42.8 Å². The van der Waals surface area contributed by atoms with Gasteiger partial charge in [0.15, 0.2) is 34.5 Å². The van der Waals surface area contributed by atoms with Gasteiger partial charge in [0.1, 0.15) is 19.8 Å². The van der Waals surface area contributed by atoms with Gasteiger partial charge >= 0.3 is 0 Å². The molecule has 61 heavy (non-hydrogen) atoms. The van der Waals surface area contributed by atoms with Gasteiger partial charge in [0.2, 0.25) is 0 Å². The van der Waals surface area contributed by atoms with Crippen LogP contribution in [0.1, 0.15) is 31.9 Å². The molecule has 0 aromatic heterocycles. The summed E-state index contributed by atoms with van der Waals surface area (Å²) in [5.74, 6) is 3.67. The lowest BCUT2D eigenvalue weighted by Crippen LogP contribution is -2.13. The Hall–Kier alpha value is -4.74. The summed E-state index contributed by atoms with van der Waals surface area (Å²) in [4.78, 5) is 0.280. The summed E-state index contributed by atoms with van der Waals surface area (Å²) in [5, 5.41) is 25.4. The van der Waals surface area contributed by atoms with Crippen molar-refractivity contribution in [1.82, 2.24) is 0 Å². The van der Waals surface area contributed by atoms with E-state index in [-0.39, 0.29) is 42.0 Å². The predicted octanol–water partition coefficient (Wildman–Crippen LogP) is 8.57. The molecule has 0 aliphatic rings. The summed E-state index contributed by atoms with van der Waals surface area (Å²) in [6.45, 7) is 11.6. The van der Waals surface area contributed by atoms with Crippen molar-refractivity contribution in [2.45, 2.75) is 44.4 Å². The molecule has 0 amide bonds. The minimum absolute atomic E-state index is 0.0143. The summed E-state index contributed by atoms with van der Waals surface area (Å²) < 4.78 is 77.1. The number of aromatic hydroxyl groups is 1. The fourth-order valence-electron chi connectivity index (χ4n) is 4.35. The van der Waals surface area contributed by atoms with Crippen molar-refractivity contribution in [3.63, 3.8) is 0 Å². The van der Waals surface area contributed by atoms with Crippen LogP contribution >= 0.6 is 22.3 Å². The van der Waals surface area contributed by atoms with Crippen molar-refractivity contribution in [2.24, 2.45) is 0 Å². The first kappa shape index (κ1) is 54.3. The average Bonchev–Trinajstić information content (AvgIpc) is 3.24. The number of hydrogen-bond acceptors (Lipinski definition) is 13. The van der Waals surface area contributed by atoms with Crippen LogP contribution < -0.4 is 23.7 Å². The minimum Gasteiger partial charge on any atom is -0.504 e. The van der Waals surface area contributed by atoms with Gasteiger partial charge in [-0.1, -0.05) is 71.8 Å². The van der Waals surface area contributed by atoms with Gasteiger partial charge in [0.25, 0.3) is 19.2 Å². The summed E-state index contributed by atoms with van der Waals surface area (Å²) >= 11 is 4.94. The van der Waals surface area contributed by atoms with Crippen molar-refractivity contribution >= 4 is 41.5 Å². The number of rotatable bonds is 17. The third kappa shape index (κ3) is 23.2. The van der Waals surface area contributed by atoms with Crippen LogP contribution in [-0.4, -0.2) is 90.9 Å². The van der Waals surface area contributed by atoms with E-state index in [4.69, 9.17) is 65.5 Å². The molecule has 0 unspecified atom stereocenters. The molecule has 0 aliphatic heterocycles. The highest BCUT2D eigenvalue weighted by atomic mass is 35.7. The molecule has 5 aromatic rings. The maximum Gasteiger partial charge on any atom is 0.297 e. The first-order valence-electron chi connectivity index (χ1n) is 19.0. The number of para-hydroxylation sites is 6. The van der Waals surface area contributed by atoms with Crippen LogP contribution in [0.2, 0.25) is 0 Å². The highest BCUT2D eigenvalue weighted by Gasteiger charge is 2.15. The second kappa shape index (κ2) is 31.2. The molecule has 3 N–H and O–H groups in total. The first-order chi connectivity index (χ1) is 29.2. The Morgan fingerprint density at radius 2 is 0.852 bits per heavy atom. The van der Waals surface area contributed by atoms with E-state index < -0.39 is 19.2 Å². The van der Waals surface area contributed by atoms with E-state index in [0.717, 1.165) is 16.9 Å². The first-order valence-corrected chi connectivity index (χ1v) is 23.3. The molecule has 0 atom stereocenters. The lowest BCUT2D eigenvalue weighted by atomic mass is 10.2. The Morgan fingerprint density at radius 3 is 1.23 bits per heavy atom. The van der Waals surface area contributed by atoms with Crippen molar-refractivity contribution < 1.29 is 60.0 Å². The lowest BCUT2D eigenvalue weighted by molar-refractivity contribution is 0.194. The van der Waals surface area contributed by atoms with Crippen molar-refractivity contribution in [3.05, 3.63) is 132 Å². The van der Waals surface area contributed by atoms with Gasteiger partial charge in [-0.15, -0.1) is 11.6 Å². The van der Waals surface area contributed by atoms with Crippen LogP contribution in [-0.2, 0) is 23.4 Å². The summed E-state index contributed by atoms with van der Waals surface area (Å²) in [6.07, 6.45) is 0. The zero-order valence-corrected chi connectivity index (χ0v) is 38.1. The topological polar surface area (TPSA) is 184 Å². The molecule has 336 valence electrons. The van der Waals surface area contributed by atoms with E-state index >= 15 is 0 Å². The minimum atomic E-state index is -3.76. The SMILES string of the molecule is CCOc1ccccc1O.CCOc1ccccc1OCCO.CCOc1ccccc1OCCOS(=O)(=O)c1ccc(C)cc1.Cc1ccc(S(=O)(=O)Cl)cc1.OCCCl. The fraction of sp³-hybridized carbons (Fsp3) is 0.318. The number of aliphatic hydroxyl groups is 2. The molecular formula is C44H56Cl2O13S2. The van der Waals surface area contributed by atoms with E-state index in [1.54, 1.807) is 54.6 Å². The number of aryl methyl sites for hydroxylation is 2. The largest absolute Gasteiger partial charge is 0.504 e. The number of phenols is 1. The third-order valence-electron chi connectivity index (χ3n) is 7.09.